The van der Waals surface area contributed by atoms with Crippen molar-refractivity contribution in [3.05, 3.63) is 71.0 Å². The zero-order valence-corrected chi connectivity index (χ0v) is 33.0. The lowest BCUT2D eigenvalue weighted by Gasteiger charge is -2.34. The Bertz CT molecular complexity index is 1580. The number of hydrogen-bond donors (Lipinski definition) is 2. The van der Waals surface area contributed by atoms with Gasteiger partial charge in [-0.25, -0.2) is 0 Å². The fourth-order valence-corrected chi connectivity index (χ4v) is 7.16. The largest absolute Gasteiger partial charge is 0.453 e. The van der Waals surface area contributed by atoms with E-state index in [2.05, 4.69) is 88.0 Å². The molecule has 2 heterocycles. The number of likely N-dealkylation sites (N-methyl/N-ethyl adjacent to an activating group) is 2. The molecule has 2 atom stereocenters. The lowest BCUT2D eigenvalue weighted by Crippen LogP contribution is -2.39. The molecule has 0 radical (unpaired) electrons. The molecule has 0 aliphatic heterocycles. The minimum Gasteiger partial charge on any atom is -0.453 e. The fourth-order valence-electron chi connectivity index (χ4n) is 6.42. The van der Waals surface area contributed by atoms with Crippen LogP contribution in [-0.2, 0) is 43.1 Å². The van der Waals surface area contributed by atoms with Crippen molar-refractivity contribution in [2.24, 2.45) is 5.92 Å². The molecule has 0 aliphatic carbocycles. The number of ether oxygens (including phenoxy) is 2. The Labute approximate surface area is 302 Å². The van der Waals surface area contributed by atoms with Crippen molar-refractivity contribution in [2.45, 2.75) is 94.2 Å². The minimum absolute atomic E-state index is 0.193. The van der Waals surface area contributed by atoms with Gasteiger partial charge in [-0.15, -0.1) is 0 Å². The van der Waals surface area contributed by atoms with E-state index in [4.69, 9.17) is 9.47 Å². The zero-order valence-electron chi connectivity index (χ0n) is 29.9. The summed E-state index contributed by atoms with van der Waals surface area (Å²) in [6.45, 7) is 9.66. The van der Waals surface area contributed by atoms with Gasteiger partial charge in [-0.1, -0.05) is 71.7 Å². The number of aromatic amines is 2. The highest BCUT2D eigenvalue weighted by Crippen LogP contribution is 2.41. The molecule has 4 rings (SSSR count). The monoisotopic (exact) mass is 786 g/mol. The van der Waals surface area contributed by atoms with Crippen LogP contribution in [0.5, 0.6) is 0 Å². The first-order chi connectivity index (χ1) is 22.7. The molecule has 48 heavy (non-hydrogen) atoms. The summed E-state index contributed by atoms with van der Waals surface area (Å²) >= 11 is 7.51. The summed E-state index contributed by atoms with van der Waals surface area (Å²) in [7, 11) is 8.16. The molecular formula is C38H52Br2N4O4. The van der Waals surface area contributed by atoms with Gasteiger partial charge in [0.1, 0.15) is 11.2 Å². The first kappa shape index (κ1) is 38.1. The van der Waals surface area contributed by atoms with Crippen molar-refractivity contribution in [1.82, 2.24) is 19.8 Å². The van der Waals surface area contributed by atoms with Crippen molar-refractivity contribution in [1.29, 1.82) is 0 Å². The van der Waals surface area contributed by atoms with Crippen LogP contribution in [0.1, 0.15) is 82.6 Å². The number of fused-ring (bicyclic) bond motifs is 2. The van der Waals surface area contributed by atoms with E-state index in [1.54, 1.807) is 6.92 Å². The third-order valence-corrected chi connectivity index (χ3v) is 12.3. The van der Waals surface area contributed by atoms with Crippen LogP contribution in [0.15, 0.2) is 48.8 Å². The smallest absolute Gasteiger partial charge is 0.320 e. The van der Waals surface area contributed by atoms with Crippen LogP contribution < -0.4 is 0 Å². The number of hydrogen-bond acceptors (Lipinski definition) is 6. The summed E-state index contributed by atoms with van der Waals surface area (Å²) < 4.78 is 12.7. The van der Waals surface area contributed by atoms with Crippen molar-refractivity contribution < 1.29 is 19.1 Å². The Balaban J connectivity index is 1.59. The summed E-state index contributed by atoms with van der Waals surface area (Å²) in [6.07, 6.45) is 7.75. The average Bonchev–Trinajstić information content (AvgIpc) is 3.70. The van der Waals surface area contributed by atoms with Gasteiger partial charge in [0.05, 0.1) is 9.90 Å². The van der Waals surface area contributed by atoms with Crippen LogP contribution in [0.2, 0.25) is 0 Å². The number of benzene rings is 2. The molecule has 0 saturated heterocycles. The molecule has 0 fully saturated rings. The second kappa shape index (κ2) is 15.9. The van der Waals surface area contributed by atoms with Crippen molar-refractivity contribution in [2.75, 3.05) is 28.2 Å². The average molecular weight is 789 g/mol. The maximum absolute atomic E-state index is 13.8. The van der Waals surface area contributed by atoms with E-state index in [0.29, 0.717) is 25.7 Å². The van der Waals surface area contributed by atoms with Gasteiger partial charge in [0, 0.05) is 45.3 Å². The molecule has 4 aromatic rings. The molecule has 0 aliphatic rings. The Morgan fingerprint density at radius 2 is 1.04 bits per heavy atom. The van der Waals surface area contributed by atoms with E-state index in [9.17, 15) is 9.59 Å². The Kier molecular flexibility index (Phi) is 12.6. The molecule has 0 spiro atoms. The number of nitrogens with zero attached hydrogens (tertiary/aromatic N) is 2. The van der Waals surface area contributed by atoms with Gasteiger partial charge in [0.15, 0.2) is 5.92 Å². The lowest BCUT2D eigenvalue weighted by molar-refractivity contribution is -0.181. The highest BCUT2D eigenvalue weighted by Gasteiger charge is 2.41. The number of carbonyl (C=O) groups excluding carboxylic acids is 2. The predicted octanol–water partition coefficient (Wildman–Crippen LogP) is 8.75. The van der Waals surface area contributed by atoms with Gasteiger partial charge in [0.2, 0.25) is 0 Å². The number of H-pyrrole nitrogens is 2. The molecule has 2 aromatic carbocycles. The molecule has 262 valence electrons. The van der Waals surface area contributed by atoms with Gasteiger partial charge in [-0.05, 0) is 109 Å². The van der Waals surface area contributed by atoms with Crippen LogP contribution >= 0.6 is 31.9 Å². The maximum Gasteiger partial charge on any atom is 0.320 e. The van der Waals surface area contributed by atoms with Crippen LogP contribution in [0.3, 0.4) is 0 Å². The molecule has 0 amide bonds. The molecule has 2 unspecified atom stereocenters. The number of nitrogens with one attached hydrogen (secondary N) is 2. The summed E-state index contributed by atoms with van der Waals surface area (Å²) in [6, 6.07) is 12.7. The van der Waals surface area contributed by atoms with Crippen molar-refractivity contribution >= 4 is 65.6 Å². The number of halogens is 2. The lowest BCUT2D eigenvalue weighted by atomic mass is 9.87. The quantitative estimate of drug-likeness (QED) is 0.0511. The first-order valence-corrected chi connectivity index (χ1v) is 18.8. The number of carbonyl (C=O) groups is 2. The fraction of sp³-hybridized carbons (Fsp3) is 0.526. The third-order valence-electron chi connectivity index (χ3n) is 9.99. The Hall–Kier alpha value is -2.66. The molecule has 8 nitrogen and oxygen atoms in total. The van der Waals surface area contributed by atoms with E-state index >= 15 is 0 Å². The molecule has 10 heteroatoms. The van der Waals surface area contributed by atoms with E-state index in [1.807, 2.05) is 68.3 Å². The SMILES string of the molecule is CCC(CC)(OC(=O)C(C)C(=O)OC(CC)(CC)c1c[nH]c2ccc(CC(Br)N(C)C)cc12)c1c[nH]c2ccc(CC(Br)N(C)C)cc12. The van der Waals surface area contributed by atoms with Gasteiger partial charge < -0.3 is 19.4 Å². The number of alkyl halides is 2. The normalized spacial score (nSPS) is 14.5. The van der Waals surface area contributed by atoms with E-state index in [-0.39, 0.29) is 9.90 Å². The Morgan fingerprint density at radius 3 is 1.35 bits per heavy atom. The summed E-state index contributed by atoms with van der Waals surface area (Å²) in [5, 5.41) is 2.04. The van der Waals surface area contributed by atoms with Crippen LogP contribution in [0.4, 0.5) is 0 Å². The Morgan fingerprint density at radius 1 is 0.688 bits per heavy atom. The topological polar surface area (TPSA) is 90.7 Å². The molecular weight excluding hydrogens is 736 g/mol. The van der Waals surface area contributed by atoms with Crippen LogP contribution in [0.25, 0.3) is 21.8 Å². The summed E-state index contributed by atoms with van der Waals surface area (Å²) in [4.78, 5) is 39.1. The van der Waals surface area contributed by atoms with Gasteiger partial charge in [-0.3, -0.25) is 19.4 Å². The number of rotatable bonds is 16. The molecule has 2 N–H and O–H groups in total. The molecule has 0 bridgehead atoms. The van der Waals surface area contributed by atoms with E-state index in [0.717, 1.165) is 45.8 Å². The van der Waals surface area contributed by atoms with Crippen molar-refractivity contribution in [3.63, 3.8) is 0 Å². The molecule has 0 saturated carbocycles. The van der Waals surface area contributed by atoms with Crippen LogP contribution in [-0.4, -0.2) is 69.8 Å². The van der Waals surface area contributed by atoms with Crippen molar-refractivity contribution in [3.8, 4) is 0 Å². The van der Waals surface area contributed by atoms with E-state index in [1.165, 1.54) is 11.1 Å². The second-order valence-corrected chi connectivity index (χ2v) is 15.4. The second-order valence-electron chi connectivity index (χ2n) is 13.3. The summed E-state index contributed by atoms with van der Waals surface area (Å²) in [5.74, 6) is -2.28. The predicted molar refractivity (Wildman–Crippen MR) is 203 cm³/mol. The number of esters is 2. The first-order valence-electron chi connectivity index (χ1n) is 17.0. The third kappa shape index (κ3) is 7.87. The minimum atomic E-state index is -1.11. The number of aromatic nitrogens is 2. The standard InChI is InChI=1S/C38H52Br2N4O4/c1-10-37(11-2,29-22-41-31-16-14-25(18-27(29)31)20-33(39)43(6)7)47-35(45)24(5)36(46)48-38(12-3,13-4)30-23-42-32-17-15-26(19-28(30)32)21-34(40)44(8)9/h14-19,22-24,33-34,41-42H,10-13,20-21H2,1-9H3. The van der Waals surface area contributed by atoms with Crippen LogP contribution in [0, 0.1) is 5.92 Å². The van der Waals surface area contributed by atoms with Gasteiger partial charge in [0.25, 0.3) is 0 Å². The van der Waals surface area contributed by atoms with Gasteiger partial charge >= 0.3 is 11.9 Å². The molecule has 2 aromatic heterocycles. The summed E-state index contributed by atoms with van der Waals surface area (Å²) in [5.41, 5.74) is 4.33. The van der Waals surface area contributed by atoms with Gasteiger partial charge in [-0.2, -0.15) is 0 Å². The maximum atomic E-state index is 13.8. The zero-order chi connectivity index (χ0) is 35.4. The highest BCUT2D eigenvalue weighted by molar-refractivity contribution is 9.09. The van der Waals surface area contributed by atoms with E-state index < -0.39 is 29.1 Å². The highest BCUT2D eigenvalue weighted by atomic mass is 79.9.